The summed E-state index contributed by atoms with van der Waals surface area (Å²) in [5, 5.41) is 2.80. The monoisotopic (exact) mass is 446 g/mol. The molecule has 0 aromatic heterocycles. The van der Waals surface area contributed by atoms with Crippen molar-refractivity contribution in [3.63, 3.8) is 0 Å². The van der Waals surface area contributed by atoms with Gasteiger partial charge in [-0.3, -0.25) is 4.79 Å². The molecule has 1 saturated heterocycles. The predicted octanol–water partition coefficient (Wildman–Crippen LogP) is 3.60. The molecule has 1 aliphatic rings. The minimum absolute atomic E-state index is 0.0672. The van der Waals surface area contributed by atoms with Crippen LogP contribution in [0.15, 0.2) is 47.4 Å². The van der Waals surface area contributed by atoms with Crippen molar-refractivity contribution < 1.29 is 22.7 Å². The number of benzene rings is 2. The lowest BCUT2D eigenvalue weighted by Crippen LogP contribution is -2.43. The van der Waals surface area contributed by atoms with E-state index in [1.54, 1.807) is 37.4 Å². The van der Waals surface area contributed by atoms with E-state index in [1.807, 2.05) is 13.8 Å². The van der Waals surface area contributed by atoms with Gasteiger partial charge in [-0.25, -0.2) is 13.1 Å². The van der Waals surface area contributed by atoms with Crippen molar-refractivity contribution in [3.05, 3.63) is 53.6 Å². The van der Waals surface area contributed by atoms with Gasteiger partial charge in [0.05, 0.1) is 12.0 Å². The van der Waals surface area contributed by atoms with Gasteiger partial charge in [0, 0.05) is 30.5 Å². The zero-order valence-corrected chi connectivity index (χ0v) is 19.2. The maximum absolute atomic E-state index is 13.0. The lowest BCUT2D eigenvalue weighted by molar-refractivity contribution is 0.0158. The first-order valence-electron chi connectivity index (χ1n) is 10.4. The molecule has 1 amide bonds. The van der Waals surface area contributed by atoms with E-state index in [0.29, 0.717) is 18.9 Å². The van der Waals surface area contributed by atoms with Crippen LogP contribution in [0.5, 0.6) is 5.75 Å². The average molecular weight is 447 g/mol. The Kier molecular flexibility index (Phi) is 7.35. The van der Waals surface area contributed by atoms with E-state index in [9.17, 15) is 13.2 Å². The fourth-order valence-electron chi connectivity index (χ4n) is 4.00. The highest BCUT2D eigenvalue weighted by Gasteiger charge is 2.30. The molecule has 2 aromatic rings. The predicted molar refractivity (Wildman–Crippen MR) is 120 cm³/mol. The van der Waals surface area contributed by atoms with Crippen molar-refractivity contribution in [1.82, 2.24) is 4.72 Å². The number of methoxy groups -OCH3 is 1. The van der Waals surface area contributed by atoms with Crippen LogP contribution in [0.25, 0.3) is 0 Å². The van der Waals surface area contributed by atoms with Crippen molar-refractivity contribution in [2.75, 3.05) is 25.6 Å². The van der Waals surface area contributed by atoms with E-state index < -0.39 is 10.0 Å². The van der Waals surface area contributed by atoms with Crippen LogP contribution in [-0.4, -0.2) is 40.7 Å². The second kappa shape index (κ2) is 9.80. The molecule has 0 radical (unpaired) electrons. The first-order chi connectivity index (χ1) is 14.7. The van der Waals surface area contributed by atoms with E-state index in [1.165, 1.54) is 12.1 Å². The molecule has 2 aromatic carbocycles. The normalized spacial score (nSPS) is 20.1. The van der Waals surface area contributed by atoms with E-state index in [4.69, 9.17) is 9.47 Å². The molecule has 168 valence electrons. The number of hydrogen-bond acceptors (Lipinski definition) is 5. The Labute approximate surface area is 184 Å². The largest absolute Gasteiger partial charge is 0.496 e. The molecule has 2 N–H and O–H groups in total. The highest BCUT2D eigenvalue weighted by Crippen LogP contribution is 2.26. The third-order valence-corrected chi connectivity index (χ3v) is 7.31. The summed E-state index contributed by atoms with van der Waals surface area (Å²) in [6.07, 6.45) is 0.814. The molecule has 31 heavy (non-hydrogen) atoms. The van der Waals surface area contributed by atoms with Gasteiger partial charge in [0.25, 0.3) is 5.91 Å². The summed E-state index contributed by atoms with van der Waals surface area (Å²) in [5.41, 5.74) is 1.76. The lowest BCUT2D eigenvalue weighted by Gasteiger charge is -2.33. The third-order valence-electron chi connectivity index (χ3n) is 5.75. The Morgan fingerprint density at radius 1 is 1.23 bits per heavy atom. The van der Waals surface area contributed by atoms with E-state index >= 15 is 0 Å². The van der Waals surface area contributed by atoms with Gasteiger partial charge < -0.3 is 14.8 Å². The Bertz CT molecular complexity index is 1040. The molecule has 3 rings (SSSR count). The number of sulfonamides is 1. The number of aryl methyl sites for hydroxylation is 1. The molecule has 3 atom stereocenters. The van der Waals surface area contributed by atoms with Crippen molar-refractivity contribution >= 4 is 21.6 Å². The van der Waals surface area contributed by atoms with Crippen LogP contribution in [0.4, 0.5) is 5.69 Å². The molecule has 0 bridgehead atoms. The Balaban J connectivity index is 1.73. The summed E-state index contributed by atoms with van der Waals surface area (Å²) < 4.78 is 39.4. The fourth-order valence-corrected chi connectivity index (χ4v) is 5.34. The summed E-state index contributed by atoms with van der Waals surface area (Å²) in [6.45, 7) is 7.11. The number of nitrogens with one attached hydrogen (secondary N) is 2. The topological polar surface area (TPSA) is 93.7 Å². The van der Waals surface area contributed by atoms with Gasteiger partial charge in [0.15, 0.2) is 0 Å². The molecular weight excluding hydrogens is 416 g/mol. The standard InChI is InChI=1S/C23H30N2O5S/c1-15-12-19(8-9-22(15)29-4)24-23(26)18-6-5-7-20(13-18)31(27,28)25-17(3)21-10-11-30-14-16(21)2/h5-9,12-13,16-17,21,25H,10-11,14H2,1-4H3,(H,24,26). The van der Waals surface area contributed by atoms with Crippen molar-refractivity contribution in [1.29, 1.82) is 0 Å². The number of ether oxygens (including phenoxy) is 2. The SMILES string of the molecule is COc1ccc(NC(=O)c2cccc(S(=O)(=O)NC(C)C3CCOCC3C)c2)cc1C. The number of rotatable bonds is 7. The molecular formula is C23H30N2O5S. The van der Waals surface area contributed by atoms with Crippen molar-refractivity contribution in [2.45, 2.75) is 38.1 Å². The quantitative estimate of drug-likeness (QED) is 0.678. The van der Waals surface area contributed by atoms with Crippen molar-refractivity contribution in [3.8, 4) is 5.75 Å². The van der Waals surface area contributed by atoms with E-state index in [2.05, 4.69) is 17.0 Å². The van der Waals surface area contributed by atoms with Gasteiger partial charge in [-0.15, -0.1) is 0 Å². The smallest absolute Gasteiger partial charge is 0.255 e. The summed E-state index contributed by atoms with van der Waals surface area (Å²) in [5.74, 6) is 0.822. The van der Waals surface area contributed by atoms with Crippen LogP contribution < -0.4 is 14.8 Å². The second-order valence-corrected chi connectivity index (χ2v) is 9.80. The fraction of sp³-hybridized carbons (Fsp3) is 0.435. The molecule has 3 unspecified atom stereocenters. The zero-order valence-electron chi connectivity index (χ0n) is 18.3. The van der Waals surface area contributed by atoms with Crippen LogP contribution in [0.3, 0.4) is 0 Å². The van der Waals surface area contributed by atoms with Crippen LogP contribution in [-0.2, 0) is 14.8 Å². The first-order valence-corrected chi connectivity index (χ1v) is 11.9. The van der Waals surface area contributed by atoms with Crippen LogP contribution in [0.2, 0.25) is 0 Å². The molecule has 0 saturated carbocycles. The number of amides is 1. The van der Waals surface area contributed by atoms with Crippen LogP contribution in [0.1, 0.15) is 36.2 Å². The van der Waals surface area contributed by atoms with Gasteiger partial charge in [0.1, 0.15) is 5.75 Å². The highest BCUT2D eigenvalue weighted by molar-refractivity contribution is 7.89. The maximum atomic E-state index is 13.0. The number of hydrogen-bond donors (Lipinski definition) is 2. The first kappa shape index (κ1) is 23.2. The van der Waals surface area contributed by atoms with Gasteiger partial charge >= 0.3 is 0 Å². The molecule has 0 aliphatic carbocycles. The molecule has 8 heteroatoms. The molecule has 1 aliphatic heterocycles. The third kappa shape index (κ3) is 5.64. The molecule has 1 heterocycles. The van der Waals surface area contributed by atoms with Gasteiger partial charge in [0.2, 0.25) is 10.0 Å². The zero-order chi connectivity index (χ0) is 22.6. The highest BCUT2D eigenvalue weighted by atomic mass is 32.2. The van der Waals surface area contributed by atoms with Gasteiger partial charge in [-0.1, -0.05) is 13.0 Å². The van der Waals surface area contributed by atoms with Gasteiger partial charge in [-0.2, -0.15) is 0 Å². The van der Waals surface area contributed by atoms with Crippen molar-refractivity contribution in [2.24, 2.45) is 11.8 Å². The lowest BCUT2D eigenvalue weighted by atomic mass is 9.85. The Morgan fingerprint density at radius 3 is 2.68 bits per heavy atom. The Hall–Kier alpha value is -2.42. The van der Waals surface area contributed by atoms with Crippen LogP contribution in [0, 0.1) is 18.8 Å². The number of anilines is 1. The number of carbonyl (C=O) groups is 1. The summed E-state index contributed by atoms with van der Waals surface area (Å²) in [4.78, 5) is 12.8. The van der Waals surface area contributed by atoms with E-state index in [-0.39, 0.29) is 34.2 Å². The minimum Gasteiger partial charge on any atom is -0.496 e. The molecule has 0 spiro atoms. The molecule has 1 fully saturated rings. The summed E-state index contributed by atoms with van der Waals surface area (Å²) >= 11 is 0. The van der Waals surface area contributed by atoms with Crippen LogP contribution >= 0.6 is 0 Å². The average Bonchev–Trinajstić information content (AvgIpc) is 2.74. The Morgan fingerprint density at radius 2 is 2.00 bits per heavy atom. The summed E-state index contributed by atoms with van der Waals surface area (Å²) in [7, 11) is -2.18. The second-order valence-electron chi connectivity index (χ2n) is 8.08. The maximum Gasteiger partial charge on any atom is 0.255 e. The molecule has 7 nitrogen and oxygen atoms in total. The van der Waals surface area contributed by atoms with Gasteiger partial charge in [-0.05, 0) is 74.1 Å². The number of carbonyl (C=O) groups excluding carboxylic acids is 1. The minimum atomic E-state index is -3.76. The summed E-state index contributed by atoms with van der Waals surface area (Å²) in [6, 6.07) is 11.1. The van der Waals surface area contributed by atoms with E-state index in [0.717, 1.165) is 17.7 Å².